The van der Waals surface area contributed by atoms with Gasteiger partial charge in [0.15, 0.2) is 11.5 Å². The predicted octanol–water partition coefficient (Wildman–Crippen LogP) is 2.01. The highest BCUT2D eigenvalue weighted by atomic mass is 79.9. The van der Waals surface area contributed by atoms with E-state index in [9.17, 15) is 4.79 Å². The van der Waals surface area contributed by atoms with Crippen LogP contribution in [0.15, 0.2) is 28.6 Å². The molecule has 0 aromatic heterocycles. The Morgan fingerprint density at radius 1 is 1.27 bits per heavy atom. The van der Waals surface area contributed by atoms with Gasteiger partial charge in [0.25, 0.3) is 5.91 Å². The third-order valence-corrected chi connectivity index (χ3v) is 3.84. The lowest BCUT2D eigenvalue weighted by Gasteiger charge is -2.15. The zero-order valence-electron chi connectivity index (χ0n) is 12.5. The lowest BCUT2D eigenvalue weighted by atomic mass is 10.1. The molecule has 0 radical (unpaired) electrons. The lowest BCUT2D eigenvalue weighted by Crippen LogP contribution is -2.30. The highest BCUT2D eigenvalue weighted by molar-refractivity contribution is 9.10. The maximum Gasteiger partial charge on any atom is 0.289 e. The Kier molecular flexibility index (Phi) is 5.94. The summed E-state index contributed by atoms with van der Waals surface area (Å²) in [7, 11) is 3.17. The summed E-state index contributed by atoms with van der Waals surface area (Å²) in [6.07, 6.45) is 1.98. The Balaban J connectivity index is 1.94. The van der Waals surface area contributed by atoms with E-state index in [4.69, 9.17) is 18.9 Å². The lowest BCUT2D eigenvalue weighted by molar-refractivity contribution is -0.122. The summed E-state index contributed by atoms with van der Waals surface area (Å²) in [4.78, 5) is 11.9. The van der Waals surface area contributed by atoms with E-state index in [-0.39, 0.29) is 11.7 Å². The molecule has 0 fully saturated rings. The topological polar surface area (TPSA) is 66.0 Å². The van der Waals surface area contributed by atoms with Crippen LogP contribution in [0.4, 0.5) is 0 Å². The fourth-order valence-electron chi connectivity index (χ4n) is 1.97. The first-order chi connectivity index (χ1) is 10.7. The minimum absolute atomic E-state index is 0.206. The van der Waals surface area contributed by atoms with Gasteiger partial charge in [0.05, 0.1) is 14.2 Å². The molecule has 1 heterocycles. The van der Waals surface area contributed by atoms with Gasteiger partial charge in [0.1, 0.15) is 19.5 Å². The molecule has 22 heavy (non-hydrogen) atoms. The van der Waals surface area contributed by atoms with Crippen LogP contribution >= 0.6 is 15.9 Å². The minimum atomic E-state index is -0.281. The van der Waals surface area contributed by atoms with Gasteiger partial charge >= 0.3 is 0 Å². The molecule has 1 N–H and O–H groups in total. The number of carbonyl (C=O) groups is 1. The Hall–Kier alpha value is -1.89. The number of ether oxygens (including phenoxy) is 4. The molecule has 0 aliphatic carbocycles. The summed E-state index contributed by atoms with van der Waals surface area (Å²) in [5.74, 6) is 1.23. The van der Waals surface area contributed by atoms with E-state index in [0.29, 0.717) is 37.7 Å². The second-order valence-electron chi connectivity index (χ2n) is 4.51. The van der Waals surface area contributed by atoms with Gasteiger partial charge in [-0.05, 0) is 24.1 Å². The molecule has 0 atom stereocenters. The largest absolute Gasteiger partial charge is 0.494 e. The van der Waals surface area contributed by atoms with E-state index in [2.05, 4.69) is 21.2 Å². The van der Waals surface area contributed by atoms with Crippen LogP contribution < -0.4 is 14.8 Å². The second kappa shape index (κ2) is 7.93. The number of hydrogen-bond acceptors (Lipinski definition) is 5. The van der Waals surface area contributed by atoms with Gasteiger partial charge in [-0.25, -0.2) is 0 Å². The molecule has 0 saturated carbocycles. The number of benzene rings is 1. The molecule has 1 amide bonds. The summed E-state index contributed by atoms with van der Waals surface area (Å²) in [6.45, 7) is 1.32. The van der Waals surface area contributed by atoms with Crippen molar-refractivity contribution in [3.63, 3.8) is 0 Å². The molecule has 2 rings (SSSR count). The van der Waals surface area contributed by atoms with Crippen molar-refractivity contribution in [2.24, 2.45) is 0 Å². The van der Waals surface area contributed by atoms with Crippen molar-refractivity contribution in [1.82, 2.24) is 5.32 Å². The number of hydrogen-bond donors (Lipinski definition) is 1. The standard InChI is InChI=1S/C15H18BrNO5/c1-19-12-7-10(11(16)8-13(12)20-2)3-4-17-15(18)14-9-21-5-6-22-14/h7-9H,3-6H2,1-2H3,(H,17,18). The van der Waals surface area contributed by atoms with E-state index in [1.807, 2.05) is 12.1 Å². The van der Waals surface area contributed by atoms with Crippen LogP contribution in [0.25, 0.3) is 0 Å². The van der Waals surface area contributed by atoms with Gasteiger partial charge in [-0.1, -0.05) is 15.9 Å². The Bertz CT molecular complexity index is 573. The number of methoxy groups -OCH3 is 2. The SMILES string of the molecule is COc1cc(Br)c(CCNC(=O)C2=COCCO2)cc1OC. The molecule has 0 saturated heterocycles. The summed E-state index contributed by atoms with van der Waals surface area (Å²) >= 11 is 3.49. The van der Waals surface area contributed by atoms with Crippen molar-refractivity contribution in [3.8, 4) is 11.5 Å². The van der Waals surface area contributed by atoms with E-state index >= 15 is 0 Å². The average molecular weight is 372 g/mol. The number of amides is 1. The Morgan fingerprint density at radius 2 is 2.00 bits per heavy atom. The molecule has 0 bridgehead atoms. The normalized spacial score (nSPS) is 13.5. The van der Waals surface area contributed by atoms with Crippen molar-refractivity contribution in [2.75, 3.05) is 34.0 Å². The van der Waals surface area contributed by atoms with Crippen LogP contribution in [0.1, 0.15) is 5.56 Å². The Labute approximate surface area is 137 Å². The van der Waals surface area contributed by atoms with Gasteiger partial charge in [-0.3, -0.25) is 4.79 Å². The zero-order valence-corrected chi connectivity index (χ0v) is 14.1. The highest BCUT2D eigenvalue weighted by Crippen LogP contribution is 2.33. The van der Waals surface area contributed by atoms with Gasteiger partial charge < -0.3 is 24.3 Å². The molecular formula is C15H18BrNO5. The summed E-state index contributed by atoms with van der Waals surface area (Å²) in [6, 6.07) is 3.73. The van der Waals surface area contributed by atoms with Crippen molar-refractivity contribution in [1.29, 1.82) is 0 Å². The molecular weight excluding hydrogens is 354 g/mol. The summed E-state index contributed by atoms with van der Waals surface area (Å²) in [5, 5.41) is 2.79. The number of nitrogens with one attached hydrogen (secondary N) is 1. The molecule has 0 unspecified atom stereocenters. The van der Waals surface area contributed by atoms with E-state index < -0.39 is 0 Å². The summed E-state index contributed by atoms with van der Waals surface area (Å²) < 4.78 is 21.7. The van der Waals surface area contributed by atoms with Crippen molar-refractivity contribution >= 4 is 21.8 Å². The third kappa shape index (κ3) is 4.07. The summed E-state index contributed by atoms with van der Waals surface area (Å²) in [5.41, 5.74) is 1.01. The minimum Gasteiger partial charge on any atom is -0.494 e. The molecule has 7 heteroatoms. The molecule has 1 aromatic rings. The van der Waals surface area contributed by atoms with E-state index in [1.165, 1.54) is 6.26 Å². The maximum atomic E-state index is 11.9. The van der Waals surface area contributed by atoms with Crippen LogP contribution in [0.2, 0.25) is 0 Å². The molecule has 0 spiro atoms. The maximum absolute atomic E-state index is 11.9. The highest BCUT2D eigenvalue weighted by Gasteiger charge is 2.15. The van der Waals surface area contributed by atoms with Crippen LogP contribution in [-0.4, -0.2) is 39.9 Å². The fourth-order valence-corrected chi connectivity index (χ4v) is 2.49. The number of rotatable bonds is 6. The first-order valence-corrected chi connectivity index (χ1v) is 7.58. The molecule has 1 aliphatic heterocycles. The fraction of sp³-hybridized carbons (Fsp3) is 0.400. The zero-order chi connectivity index (χ0) is 15.9. The average Bonchev–Trinajstić information content (AvgIpc) is 2.56. The molecule has 120 valence electrons. The van der Waals surface area contributed by atoms with E-state index in [1.54, 1.807) is 14.2 Å². The first kappa shape index (κ1) is 16.5. The van der Waals surface area contributed by atoms with Crippen LogP contribution in [0.5, 0.6) is 11.5 Å². The van der Waals surface area contributed by atoms with Crippen LogP contribution in [0.3, 0.4) is 0 Å². The first-order valence-electron chi connectivity index (χ1n) is 6.79. The van der Waals surface area contributed by atoms with Gasteiger partial charge in [-0.15, -0.1) is 0 Å². The smallest absolute Gasteiger partial charge is 0.289 e. The number of halogens is 1. The van der Waals surface area contributed by atoms with Crippen LogP contribution in [0, 0.1) is 0 Å². The van der Waals surface area contributed by atoms with E-state index in [0.717, 1.165) is 10.0 Å². The monoisotopic (exact) mass is 371 g/mol. The Morgan fingerprint density at radius 3 is 2.64 bits per heavy atom. The van der Waals surface area contributed by atoms with Crippen LogP contribution in [-0.2, 0) is 20.7 Å². The predicted molar refractivity (Wildman–Crippen MR) is 83.9 cm³/mol. The second-order valence-corrected chi connectivity index (χ2v) is 5.36. The van der Waals surface area contributed by atoms with Gasteiger partial charge in [0, 0.05) is 11.0 Å². The van der Waals surface area contributed by atoms with Crippen molar-refractivity contribution in [3.05, 3.63) is 34.2 Å². The van der Waals surface area contributed by atoms with Gasteiger partial charge in [0.2, 0.25) is 5.76 Å². The molecule has 6 nitrogen and oxygen atoms in total. The third-order valence-electron chi connectivity index (χ3n) is 3.11. The molecule has 1 aliphatic rings. The van der Waals surface area contributed by atoms with Gasteiger partial charge in [-0.2, -0.15) is 0 Å². The number of carbonyl (C=O) groups excluding carboxylic acids is 1. The van der Waals surface area contributed by atoms with Crippen molar-refractivity contribution < 1.29 is 23.7 Å². The van der Waals surface area contributed by atoms with Crippen molar-refractivity contribution in [2.45, 2.75) is 6.42 Å². The quantitative estimate of drug-likeness (QED) is 0.828. The molecule has 1 aromatic carbocycles.